The largest absolute Gasteiger partial charge is 0.467 e. The van der Waals surface area contributed by atoms with E-state index in [1.165, 1.54) is 12.0 Å². The van der Waals surface area contributed by atoms with Gasteiger partial charge in [-0.25, -0.2) is 9.59 Å². The number of ether oxygens (including phenoxy) is 2. The number of fused-ring (bicyclic) bond motifs is 3. The first-order chi connectivity index (χ1) is 15.8. The van der Waals surface area contributed by atoms with Crippen LogP contribution in [0.2, 0.25) is 0 Å². The second kappa shape index (κ2) is 9.23. The highest BCUT2D eigenvalue weighted by Gasteiger charge is 2.46. The third kappa shape index (κ3) is 4.18. The lowest BCUT2D eigenvalue weighted by Crippen LogP contribution is -2.50. The number of amides is 2. The Morgan fingerprint density at radius 3 is 2.21 bits per heavy atom. The highest BCUT2D eigenvalue weighted by Crippen LogP contribution is 2.44. The van der Waals surface area contributed by atoms with Crippen molar-refractivity contribution in [2.45, 2.75) is 38.0 Å². The van der Waals surface area contributed by atoms with E-state index < -0.39 is 36.2 Å². The number of hydrogen-bond acceptors (Lipinski definition) is 6. The molecule has 8 nitrogen and oxygen atoms in total. The third-order valence-corrected chi connectivity index (χ3v) is 6.34. The van der Waals surface area contributed by atoms with E-state index in [0.29, 0.717) is 0 Å². The van der Waals surface area contributed by atoms with Crippen molar-refractivity contribution in [1.29, 1.82) is 0 Å². The molecule has 8 heteroatoms. The molecule has 2 N–H and O–H groups in total. The molecule has 0 spiro atoms. The van der Waals surface area contributed by atoms with Crippen LogP contribution < -0.4 is 5.32 Å². The first-order valence-corrected chi connectivity index (χ1v) is 11.0. The number of rotatable bonds is 6. The van der Waals surface area contributed by atoms with Gasteiger partial charge in [-0.05, 0) is 28.2 Å². The summed E-state index contributed by atoms with van der Waals surface area (Å²) in [6, 6.07) is 13.9. The molecular formula is C25H28N2O6. The van der Waals surface area contributed by atoms with Crippen LogP contribution in [0.25, 0.3) is 11.1 Å². The zero-order valence-electron chi connectivity index (χ0n) is 18.9. The minimum atomic E-state index is -1.19. The molecule has 33 heavy (non-hydrogen) atoms. The van der Waals surface area contributed by atoms with Crippen LogP contribution in [0.4, 0.5) is 4.79 Å². The highest BCUT2D eigenvalue weighted by atomic mass is 16.5. The van der Waals surface area contributed by atoms with Crippen LogP contribution in [0.15, 0.2) is 48.5 Å². The molecule has 1 saturated heterocycles. The Hall–Kier alpha value is -3.39. The van der Waals surface area contributed by atoms with Gasteiger partial charge in [-0.1, -0.05) is 62.4 Å². The second-order valence-electron chi connectivity index (χ2n) is 8.72. The van der Waals surface area contributed by atoms with E-state index in [1.807, 2.05) is 48.5 Å². The Balaban J connectivity index is 1.43. The van der Waals surface area contributed by atoms with Gasteiger partial charge in [-0.3, -0.25) is 4.79 Å². The number of benzene rings is 2. The minimum absolute atomic E-state index is 0.0783. The van der Waals surface area contributed by atoms with Gasteiger partial charge in [-0.2, -0.15) is 0 Å². The summed E-state index contributed by atoms with van der Waals surface area (Å²) in [5.74, 6) is -1.44. The molecule has 0 aromatic heterocycles. The maximum atomic E-state index is 12.9. The highest BCUT2D eigenvalue weighted by molar-refractivity contribution is 5.92. The summed E-state index contributed by atoms with van der Waals surface area (Å²) in [4.78, 5) is 38.9. The van der Waals surface area contributed by atoms with Gasteiger partial charge in [0.05, 0.1) is 13.7 Å². The predicted molar refractivity (Wildman–Crippen MR) is 120 cm³/mol. The van der Waals surface area contributed by atoms with Crippen LogP contribution in [0, 0.1) is 5.92 Å². The summed E-state index contributed by atoms with van der Waals surface area (Å²) in [5.41, 5.74) is 4.38. The average molecular weight is 453 g/mol. The van der Waals surface area contributed by atoms with E-state index in [9.17, 15) is 19.5 Å². The van der Waals surface area contributed by atoms with E-state index in [4.69, 9.17) is 9.47 Å². The molecule has 0 radical (unpaired) electrons. The van der Waals surface area contributed by atoms with Crippen LogP contribution in [0.1, 0.15) is 30.9 Å². The van der Waals surface area contributed by atoms with Crippen LogP contribution in [-0.4, -0.2) is 66.4 Å². The van der Waals surface area contributed by atoms with Gasteiger partial charge >= 0.3 is 12.1 Å². The van der Waals surface area contributed by atoms with Crippen molar-refractivity contribution >= 4 is 18.0 Å². The SMILES string of the molecule is COC(=O)[C@@H](C(C)C)N1C[C@H](O)[C@@H](NC(=O)OCC2c3ccccc3-c3ccccc32)C1=O. The van der Waals surface area contributed by atoms with Gasteiger partial charge in [0.15, 0.2) is 0 Å². The fraction of sp³-hybridized carbons (Fsp3) is 0.400. The fourth-order valence-electron chi connectivity index (χ4n) is 4.80. The number of aliphatic hydroxyl groups excluding tert-OH is 1. The Kier molecular flexibility index (Phi) is 6.37. The zero-order chi connectivity index (χ0) is 23.7. The fourth-order valence-corrected chi connectivity index (χ4v) is 4.80. The Morgan fingerprint density at radius 1 is 1.09 bits per heavy atom. The molecule has 174 valence electrons. The number of carbonyl (C=O) groups is 3. The van der Waals surface area contributed by atoms with Gasteiger partial charge in [0.1, 0.15) is 24.8 Å². The number of esters is 1. The summed E-state index contributed by atoms with van der Waals surface area (Å²) < 4.78 is 10.3. The summed E-state index contributed by atoms with van der Waals surface area (Å²) in [6.07, 6.45) is -1.96. The number of nitrogens with zero attached hydrogens (tertiary/aromatic N) is 1. The van der Waals surface area contributed by atoms with Crippen LogP contribution in [0.5, 0.6) is 0 Å². The number of likely N-dealkylation sites (tertiary alicyclic amines) is 1. The molecule has 1 fully saturated rings. The molecule has 2 aromatic rings. The standard InChI is InChI=1S/C25H28N2O6/c1-14(2)22(24(30)32-3)27-12-20(28)21(23(27)29)26-25(31)33-13-19-17-10-6-4-8-15(17)16-9-5-7-11-18(16)19/h4-11,14,19-22,28H,12-13H2,1-3H3,(H,26,31)/t20-,21+,22+/m0/s1. The summed E-state index contributed by atoms with van der Waals surface area (Å²) in [7, 11) is 1.25. The van der Waals surface area contributed by atoms with Crippen LogP contribution in [0.3, 0.4) is 0 Å². The van der Waals surface area contributed by atoms with Crippen molar-refractivity contribution in [3.05, 3.63) is 59.7 Å². The Bertz CT molecular complexity index is 1020. The molecule has 0 unspecified atom stereocenters. The molecule has 2 aliphatic rings. The molecule has 1 heterocycles. The summed E-state index contributed by atoms with van der Waals surface area (Å²) in [6.45, 7) is 3.59. The van der Waals surface area contributed by atoms with E-state index in [0.717, 1.165) is 22.3 Å². The molecule has 2 aromatic carbocycles. The van der Waals surface area contributed by atoms with Crippen molar-refractivity contribution in [1.82, 2.24) is 10.2 Å². The van der Waals surface area contributed by atoms with Gasteiger partial charge < -0.3 is 24.8 Å². The summed E-state index contributed by atoms with van der Waals surface area (Å²) >= 11 is 0. The maximum absolute atomic E-state index is 12.9. The van der Waals surface area contributed by atoms with E-state index in [1.54, 1.807) is 13.8 Å². The van der Waals surface area contributed by atoms with E-state index in [-0.39, 0.29) is 25.0 Å². The van der Waals surface area contributed by atoms with Crippen molar-refractivity contribution < 1.29 is 29.0 Å². The normalized spacial score (nSPS) is 20.4. The molecule has 0 bridgehead atoms. The van der Waals surface area contributed by atoms with Gasteiger partial charge in [0.2, 0.25) is 5.91 Å². The first-order valence-electron chi connectivity index (χ1n) is 11.0. The summed E-state index contributed by atoms with van der Waals surface area (Å²) in [5, 5.41) is 12.9. The number of carbonyl (C=O) groups excluding carboxylic acids is 3. The monoisotopic (exact) mass is 452 g/mol. The molecular weight excluding hydrogens is 424 g/mol. The Morgan fingerprint density at radius 2 is 1.67 bits per heavy atom. The topological polar surface area (TPSA) is 105 Å². The number of methoxy groups -OCH3 is 1. The quantitative estimate of drug-likeness (QED) is 0.652. The Labute approximate surface area is 192 Å². The molecule has 1 aliphatic heterocycles. The molecule has 2 amide bonds. The first kappa shape index (κ1) is 22.8. The molecule has 3 atom stereocenters. The van der Waals surface area contributed by atoms with Crippen LogP contribution in [-0.2, 0) is 19.1 Å². The number of nitrogens with one attached hydrogen (secondary N) is 1. The second-order valence-corrected chi connectivity index (χ2v) is 8.72. The van der Waals surface area contributed by atoms with E-state index >= 15 is 0 Å². The van der Waals surface area contributed by atoms with Gasteiger partial charge in [-0.15, -0.1) is 0 Å². The number of hydrogen-bond donors (Lipinski definition) is 2. The lowest BCUT2D eigenvalue weighted by atomic mass is 9.98. The third-order valence-electron chi connectivity index (χ3n) is 6.34. The predicted octanol–water partition coefficient (Wildman–Crippen LogP) is 2.29. The van der Waals surface area contributed by atoms with Gasteiger partial charge in [0.25, 0.3) is 0 Å². The number of aliphatic hydroxyl groups is 1. The average Bonchev–Trinajstić information content (AvgIpc) is 3.27. The molecule has 4 rings (SSSR count). The van der Waals surface area contributed by atoms with Crippen molar-refractivity contribution in [2.24, 2.45) is 5.92 Å². The zero-order valence-corrected chi connectivity index (χ0v) is 18.9. The van der Waals surface area contributed by atoms with Crippen molar-refractivity contribution in [2.75, 3.05) is 20.3 Å². The van der Waals surface area contributed by atoms with Crippen LogP contribution >= 0.6 is 0 Å². The van der Waals surface area contributed by atoms with Gasteiger partial charge in [0, 0.05) is 5.92 Å². The van der Waals surface area contributed by atoms with E-state index in [2.05, 4.69) is 5.32 Å². The molecule has 0 saturated carbocycles. The van der Waals surface area contributed by atoms with Crippen molar-refractivity contribution in [3.63, 3.8) is 0 Å². The smallest absolute Gasteiger partial charge is 0.407 e. The van der Waals surface area contributed by atoms with Crippen molar-refractivity contribution in [3.8, 4) is 11.1 Å². The minimum Gasteiger partial charge on any atom is -0.467 e. The molecule has 1 aliphatic carbocycles. The lowest BCUT2D eigenvalue weighted by molar-refractivity contribution is -0.153. The maximum Gasteiger partial charge on any atom is 0.407 e. The number of alkyl carbamates (subject to hydrolysis) is 1. The lowest BCUT2D eigenvalue weighted by Gasteiger charge is -2.28. The number of β-amino-alcohol motifs (C(OH)–C–C–N with tert-alkyl or cyclic N) is 1.